The van der Waals surface area contributed by atoms with Crippen molar-refractivity contribution in [2.75, 3.05) is 32.8 Å². The monoisotopic (exact) mass is 373 g/mol. The van der Waals surface area contributed by atoms with Gasteiger partial charge in [0.1, 0.15) is 11.4 Å². The molecule has 0 aliphatic carbocycles. The quantitative estimate of drug-likeness (QED) is 0.321. The van der Waals surface area contributed by atoms with Crippen LogP contribution in [0.25, 0.3) is 0 Å². The predicted molar refractivity (Wildman–Crippen MR) is 108 cm³/mol. The maximum Gasteiger partial charge on any atom is 0.191 e. The van der Waals surface area contributed by atoms with Gasteiger partial charge in [-0.1, -0.05) is 30.3 Å². The highest BCUT2D eigenvalue weighted by Crippen LogP contribution is 2.20. The number of benzene rings is 1. The molecule has 27 heavy (non-hydrogen) atoms. The van der Waals surface area contributed by atoms with Crippen LogP contribution in [-0.2, 0) is 16.8 Å². The van der Waals surface area contributed by atoms with Crippen LogP contribution in [0.4, 0.5) is 0 Å². The Morgan fingerprint density at radius 2 is 1.96 bits per heavy atom. The average molecular weight is 373 g/mol. The molecule has 0 bridgehead atoms. The van der Waals surface area contributed by atoms with Crippen molar-refractivity contribution in [2.45, 2.75) is 32.3 Å². The molecule has 0 fully saturated rings. The van der Waals surface area contributed by atoms with Gasteiger partial charge in [0, 0.05) is 19.7 Å². The van der Waals surface area contributed by atoms with E-state index in [-0.39, 0.29) is 6.54 Å². The van der Waals surface area contributed by atoms with E-state index < -0.39 is 5.60 Å². The van der Waals surface area contributed by atoms with E-state index in [0.29, 0.717) is 18.3 Å². The first-order valence-electron chi connectivity index (χ1n) is 9.52. The highest BCUT2D eigenvalue weighted by Gasteiger charge is 2.25. The van der Waals surface area contributed by atoms with E-state index in [2.05, 4.69) is 27.8 Å². The van der Waals surface area contributed by atoms with E-state index in [1.54, 1.807) is 25.3 Å². The molecule has 148 valence electrons. The predicted octanol–water partition coefficient (Wildman–Crippen LogP) is 2.69. The number of ether oxygens (including phenoxy) is 1. The summed E-state index contributed by atoms with van der Waals surface area (Å²) in [6, 6.07) is 13.8. The van der Waals surface area contributed by atoms with Crippen LogP contribution in [0, 0.1) is 0 Å². The van der Waals surface area contributed by atoms with Crippen molar-refractivity contribution in [3.05, 3.63) is 60.1 Å². The zero-order chi connectivity index (χ0) is 19.4. The van der Waals surface area contributed by atoms with Crippen molar-refractivity contribution in [1.82, 2.24) is 10.6 Å². The molecule has 1 aromatic carbocycles. The maximum atomic E-state index is 10.5. The molecule has 1 heterocycles. The van der Waals surface area contributed by atoms with Crippen LogP contribution in [0.2, 0.25) is 0 Å². The highest BCUT2D eigenvalue weighted by atomic mass is 16.5. The summed E-state index contributed by atoms with van der Waals surface area (Å²) in [5.41, 5.74) is 0.160. The third-order valence-corrected chi connectivity index (χ3v) is 4.08. The SMILES string of the molecule is CCNC(=NCC(C)(O)c1ccco1)NCCCOCCc1ccccc1. The largest absolute Gasteiger partial charge is 0.466 e. The van der Waals surface area contributed by atoms with Crippen LogP contribution in [0.1, 0.15) is 31.6 Å². The molecule has 0 aliphatic rings. The van der Waals surface area contributed by atoms with Crippen molar-refractivity contribution in [1.29, 1.82) is 0 Å². The fourth-order valence-corrected chi connectivity index (χ4v) is 2.56. The molecule has 0 aliphatic heterocycles. The van der Waals surface area contributed by atoms with Gasteiger partial charge in [0.15, 0.2) is 5.96 Å². The first kappa shape index (κ1) is 21.0. The van der Waals surface area contributed by atoms with Crippen LogP contribution in [0.15, 0.2) is 58.1 Å². The Morgan fingerprint density at radius 3 is 2.67 bits per heavy atom. The number of hydrogen-bond donors (Lipinski definition) is 3. The van der Waals surface area contributed by atoms with Crippen LogP contribution in [0.5, 0.6) is 0 Å². The number of rotatable bonds is 11. The lowest BCUT2D eigenvalue weighted by molar-refractivity contribution is 0.0437. The number of nitrogens with zero attached hydrogens (tertiary/aromatic N) is 1. The summed E-state index contributed by atoms with van der Waals surface area (Å²) < 4.78 is 11.0. The van der Waals surface area contributed by atoms with Crippen molar-refractivity contribution in [2.24, 2.45) is 4.99 Å². The molecule has 0 amide bonds. The van der Waals surface area contributed by atoms with Crippen molar-refractivity contribution in [3.8, 4) is 0 Å². The van der Waals surface area contributed by atoms with Gasteiger partial charge in [-0.3, -0.25) is 0 Å². The Balaban J connectivity index is 1.65. The third kappa shape index (κ3) is 7.85. The second-order valence-electron chi connectivity index (χ2n) is 6.57. The van der Waals surface area contributed by atoms with Gasteiger partial charge in [0.05, 0.1) is 19.4 Å². The second-order valence-corrected chi connectivity index (χ2v) is 6.57. The minimum Gasteiger partial charge on any atom is -0.466 e. The lowest BCUT2D eigenvalue weighted by Gasteiger charge is -2.19. The fraction of sp³-hybridized carbons (Fsp3) is 0.476. The molecule has 1 aromatic heterocycles. The zero-order valence-electron chi connectivity index (χ0n) is 16.3. The Morgan fingerprint density at radius 1 is 1.15 bits per heavy atom. The molecule has 2 rings (SSSR count). The molecule has 2 aromatic rings. The molecule has 3 N–H and O–H groups in total. The van der Waals surface area contributed by atoms with Gasteiger partial charge in [-0.25, -0.2) is 4.99 Å². The number of furan rings is 1. The molecule has 1 unspecified atom stereocenters. The summed E-state index contributed by atoms with van der Waals surface area (Å²) >= 11 is 0. The fourth-order valence-electron chi connectivity index (χ4n) is 2.56. The Bertz CT molecular complexity index is 655. The normalized spacial score (nSPS) is 14.0. The summed E-state index contributed by atoms with van der Waals surface area (Å²) in [6.45, 7) is 6.84. The summed E-state index contributed by atoms with van der Waals surface area (Å²) in [5.74, 6) is 1.18. The first-order valence-corrected chi connectivity index (χ1v) is 9.52. The summed E-state index contributed by atoms with van der Waals surface area (Å²) in [5, 5.41) is 16.9. The third-order valence-electron chi connectivity index (χ3n) is 4.08. The van der Waals surface area contributed by atoms with E-state index in [1.807, 2.05) is 25.1 Å². The number of hydrogen-bond acceptors (Lipinski definition) is 4. The standard InChI is InChI=1S/C21H31N3O3/c1-3-22-20(24-17-21(2,25)19-11-7-15-27-19)23-13-8-14-26-16-12-18-9-5-4-6-10-18/h4-7,9-11,15,25H,3,8,12-14,16-17H2,1-2H3,(H2,22,23,24). The van der Waals surface area contributed by atoms with E-state index in [9.17, 15) is 5.11 Å². The molecule has 6 nitrogen and oxygen atoms in total. The minimum absolute atomic E-state index is 0.212. The van der Waals surface area contributed by atoms with Crippen LogP contribution in [-0.4, -0.2) is 43.9 Å². The van der Waals surface area contributed by atoms with Crippen LogP contribution < -0.4 is 10.6 Å². The van der Waals surface area contributed by atoms with E-state index in [4.69, 9.17) is 9.15 Å². The summed E-state index contributed by atoms with van der Waals surface area (Å²) in [7, 11) is 0. The van der Waals surface area contributed by atoms with Gasteiger partial charge in [0.25, 0.3) is 0 Å². The van der Waals surface area contributed by atoms with E-state index in [1.165, 1.54) is 5.56 Å². The number of nitrogens with one attached hydrogen (secondary N) is 2. The molecule has 0 saturated heterocycles. The Kier molecular flexibility index (Phi) is 8.87. The van der Waals surface area contributed by atoms with Crippen LogP contribution in [0.3, 0.4) is 0 Å². The van der Waals surface area contributed by atoms with Crippen LogP contribution >= 0.6 is 0 Å². The smallest absolute Gasteiger partial charge is 0.191 e. The van der Waals surface area contributed by atoms with E-state index >= 15 is 0 Å². The Labute approximate surface area is 161 Å². The highest BCUT2D eigenvalue weighted by molar-refractivity contribution is 5.79. The topological polar surface area (TPSA) is 79.0 Å². The first-order chi connectivity index (χ1) is 13.1. The van der Waals surface area contributed by atoms with Gasteiger partial charge < -0.3 is 24.9 Å². The molecule has 0 radical (unpaired) electrons. The van der Waals surface area contributed by atoms with Gasteiger partial charge in [0.2, 0.25) is 0 Å². The summed E-state index contributed by atoms with van der Waals surface area (Å²) in [4.78, 5) is 4.46. The lowest BCUT2D eigenvalue weighted by atomic mass is 10.0. The second kappa shape index (κ2) is 11.4. The van der Waals surface area contributed by atoms with Gasteiger partial charge in [-0.15, -0.1) is 0 Å². The lowest BCUT2D eigenvalue weighted by Crippen LogP contribution is -2.39. The van der Waals surface area contributed by atoms with Crippen molar-refractivity contribution in [3.63, 3.8) is 0 Å². The van der Waals surface area contributed by atoms with Crippen molar-refractivity contribution >= 4 is 5.96 Å². The van der Waals surface area contributed by atoms with Gasteiger partial charge in [-0.2, -0.15) is 0 Å². The Hall–Kier alpha value is -2.31. The van der Waals surface area contributed by atoms with Gasteiger partial charge >= 0.3 is 0 Å². The number of aliphatic hydroxyl groups is 1. The van der Waals surface area contributed by atoms with Crippen molar-refractivity contribution < 1.29 is 14.3 Å². The zero-order valence-corrected chi connectivity index (χ0v) is 16.3. The van der Waals surface area contributed by atoms with E-state index in [0.717, 1.165) is 32.5 Å². The molecular weight excluding hydrogens is 342 g/mol. The minimum atomic E-state index is -1.13. The van der Waals surface area contributed by atoms with Gasteiger partial charge in [-0.05, 0) is 44.4 Å². The average Bonchev–Trinajstić information content (AvgIpc) is 3.22. The molecule has 1 atom stereocenters. The summed E-state index contributed by atoms with van der Waals surface area (Å²) in [6.07, 6.45) is 3.36. The molecular formula is C21H31N3O3. The number of guanidine groups is 1. The number of aliphatic imine (C=N–C) groups is 1. The maximum absolute atomic E-state index is 10.5. The molecule has 0 saturated carbocycles. The molecule has 0 spiro atoms. The molecule has 6 heteroatoms.